The normalized spacial score (nSPS) is 17.8. The maximum absolute atomic E-state index is 11.0. The van der Waals surface area contributed by atoms with Gasteiger partial charge in [0.25, 0.3) is 0 Å². The van der Waals surface area contributed by atoms with E-state index in [0.717, 1.165) is 18.4 Å². The average molecular weight is 203 g/mol. The third kappa shape index (κ3) is 1.65. The van der Waals surface area contributed by atoms with E-state index in [1.807, 2.05) is 12.3 Å². The van der Waals surface area contributed by atoms with E-state index in [1.54, 1.807) is 12.1 Å². The van der Waals surface area contributed by atoms with Crippen molar-refractivity contribution in [1.29, 1.82) is 0 Å². The van der Waals surface area contributed by atoms with Gasteiger partial charge in [-0.3, -0.25) is 4.99 Å². The van der Waals surface area contributed by atoms with Gasteiger partial charge in [-0.2, -0.15) is 0 Å². The van der Waals surface area contributed by atoms with Crippen LogP contribution in [0.4, 0.5) is 5.69 Å². The summed E-state index contributed by atoms with van der Waals surface area (Å²) in [4.78, 5) is 15.2. The number of aliphatic imine (C=N–C) groups is 1. The summed E-state index contributed by atoms with van der Waals surface area (Å²) in [5.74, 6) is -0.606. The van der Waals surface area contributed by atoms with Gasteiger partial charge in [0.1, 0.15) is 0 Å². The molecule has 3 heteroatoms. The molecule has 1 heterocycles. The fourth-order valence-corrected chi connectivity index (χ4v) is 1.96. The van der Waals surface area contributed by atoms with Gasteiger partial charge in [-0.15, -0.1) is 0 Å². The van der Waals surface area contributed by atoms with Crippen LogP contribution in [0.3, 0.4) is 0 Å². The molecule has 1 atom stereocenters. The molecule has 0 amide bonds. The van der Waals surface area contributed by atoms with Crippen LogP contribution in [0.2, 0.25) is 0 Å². The lowest BCUT2D eigenvalue weighted by atomic mass is 9.95. The molecule has 0 saturated heterocycles. The maximum atomic E-state index is 11.0. The average Bonchev–Trinajstić information content (AvgIpc) is 2.62. The van der Waals surface area contributed by atoms with Crippen LogP contribution < -0.4 is 0 Å². The first kappa shape index (κ1) is 9.90. The van der Waals surface area contributed by atoms with Gasteiger partial charge in [-0.25, -0.2) is 4.79 Å². The summed E-state index contributed by atoms with van der Waals surface area (Å²) < 4.78 is 0. The Morgan fingerprint density at radius 2 is 2.33 bits per heavy atom. The van der Waals surface area contributed by atoms with E-state index in [0.29, 0.717) is 17.2 Å². The molecule has 1 aliphatic rings. The molecule has 0 radical (unpaired) electrons. The van der Waals surface area contributed by atoms with Gasteiger partial charge in [0.2, 0.25) is 0 Å². The van der Waals surface area contributed by atoms with Crippen molar-refractivity contribution >= 4 is 17.9 Å². The molecule has 1 aliphatic heterocycles. The lowest BCUT2D eigenvalue weighted by Gasteiger charge is -2.08. The molecule has 78 valence electrons. The quantitative estimate of drug-likeness (QED) is 0.820. The Morgan fingerprint density at radius 1 is 1.53 bits per heavy atom. The van der Waals surface area contributed by atoms with Crippen LogP contribution in [0, 0.1) is 0 Å². The molecular formula is C12H13NO2. The summed E-state index contributed by atoms with van der Waals surface area (Å²) in [7, 11) is 0. The highest BCUT2D eigenvalue weighted by molar-refractivity contribution is 5.97. The zero-order chi connectivity index (χ0) is 10.8. The van der Waals surface area contributed by atoms with Crippen molar-refractivity contribution in [3.63, 3.8) is 0 Å². The van der Waals surface area contributed by atoms with E-state index in [1.165, 1.54) is 0 Å². The third-order valence-electron chi connectivity index (χ3n) is 2.68. The number of carboxylic acids is 1. The molecule has 1 aromatic rings. The van der Waals surface area contributed by atoms with Crippen molar-refractivity contribution in [1.82, 2.24) is 0 Å². The summed E-state index contributed by atoms with van der Waals surface area (Å²) in [6.45, 7) is 2.12. The second kappa shape index (κ2) is 3.85. The predicted molar refractivity (Wildman–Crippen MR) is 59.2 cm³/mol. The molecular weight excluding hydrogens is 190 g/mol. The van der Waals surface area contributed by atoms with Crippen LogP contribution in [0.25, 0.3) is 0 Å². The summed E-state index contributed by atoms with van der Waals surface area (Å²) >= 11 is 0. The SMILES string of the molecule is CCCC1C=Nc2c(C(=O)O)cccc21. The van der Waals surface area contributed by atoms with E-state index in [9.17, 15) is 4.79 Å². The Morgan fingerprint density at radius 3 is 3.00 bits per heavy atom. The first-order chi connectivity index (χ1) is 7.24. The van der Waals surface area contributed by atoms with Gasteiger partial charge in [0.05, 0.1) is 11.3 Å². The molecule has 3 nitrogen and oxygen atoms in total. The first-order valence-corrected chi connectivity index (χ1v) is 5.14. The molecule has 0 spiro atoms. The van der Waals surface area contributed by atoms with Crippen LogP contribution in [-0.2, 0) is 0 Å². The van der Waals surface area contributed by atoms with Crippen molar-refractivity contribution in [3.05, 3.63) is 29.3 Å². The molecule has 1 aromatic carbocycles. The number of nitrogens with zero attached hydrogens (tertiary/aromatic N) is 1. The number of para-hydroxylation sites is 1. The molecule has 0 aromatic heterocycles. The van der Waals surface area contributed by atoms with Gasteiger partial charge in [-0.1, -0.05) is 25.5 Å². The number of aromatic carboxylic acids is 1. The van der Waals surface area contributed by atoms with Crippen LogP contribution in [0.1, 0.15) is 41.6 Å². The molecule has 2 rings (SSSR count). The molecule has 1 N–H and O–H groups in total. The number of fused-ring (bicyclic) bond motifs is 1. The molecule has 0 saturated carbocycles. The number of hydrogen-bond acceptors (Lipinski definition) is 2. The number of hydrogen-bond donors (Lipinski definition) is 1. The third-order valence-corrected chi connectivity index (χ3v) is 2.68. The summed E-state index contributed by atoms with van der Waals surface area (Å²) in [6.07, 6.45) is 3.97. The van der Waals surface area contributed by atoms with E-state index < -0.39 is 5.97 Å². The van der Waals surface area contributed by atoms with E-state index in [-0.39, 0.29) is 0 Å². The lowest BCUT2D eigenvalue weighted by molar-refractivity contribution is 0.0698. The second-order valence-electron chi connectivity index (χ2n) is 3.72. The highest BCUT2D eigenvalue weighted by Gasteiger charge is 2.22. The van der Waals surface area contributed by atoms with Gasteiger partial charge in [-0.05, 0) is 18.1 Å². The number of rotatable bonds is 3. The molecule has 0 aliphatic carbocycles. The van der Waals surface area contributed by atoms with Crippen molar-refractivity contribution in [2.24, 2.45) is 4.99 Å². The molecule has 0 bridgehead atoms. The van der Waals surface area contributed by atoms with Crippen molar-refractivity contribution < 1.29 is 9.90 Å². The monoisotopic (exact) mass is 203 g/mol. The Balaban J connectivity index is 2.43. The Kier molecular flexibility index (Phi) is 2.54. The minimum absolute atomic E-state index is 0.296. The first-order valence-electron chi connectivity index (χ1n) is 5.14. The molecule has 15 heavy (non-hydrogen) atoms. The number of carboxylic acid groups (broad SMARTS) is 1. The Labute approximate surface area is 88.5 Å². The van der Waals surface area contributed by atoms with Crippen LogP contribution >= 0.6 is 0 Å². The number of benzene rings is 1. The largest absolute Gasteiger partial charge is 0.478 e. The van der Waals surface area contributed by atoms with Crippen LogP contribution in [-0.4, -0.2) is 17.3 Å². The van der Waals surface area contributed by atoms with Gasteiger partial charge in [0.15, 0.2) is 0 Å². The van der Waals surface area contributed by atoms with Gasteiger partial charge in [0, 0.05) is 12.1 Å². The zero-order valence-electron chi connectivity index (χ0n) is 8.60. The van der Waals surface area contributed by atoms with Gasteiger partial charge < -0.3 is 5.11 Å². The predicted octanol–water partition coefficient (Wildman–Crippen LogP) is 2.98. The zero-order valence-corrected chi connectivity index (χ0v) is 8.60. The lowest BCUT2D eigenvalue weighted by Crippen LogP contribution is -1.99. The Hall–Kier alpha value is -1.64. The highest BCUT2D eigenvalue weighted by Crippen LogP contribution is 2.37. The van der Waals surface area contributed by atoms with Crippen LogP contribution in [0.5, 0.6) is 0 Å². The number of carbonyl (C=O) groups is 1. The van der Waals surface area contributed by atoms with Crippen molar-refractivity contribution in [3.8, 4) is 0 Å². The van der Waals surface area contributed by atoms with E-state index >= 15 is 0 Å². The summed E-state index contributed by atoms with van der Waals surface area (Å²) in [6, 6.07) is 5.36. The van der Waals surface area contributed by atoms with Crippen molar-refractivity contribution in [2.45, 2.75) is 25.7 Å². The van der Waals surface area contributed by atoms with Gasteiger partial charge >= 0.3 is 5.97 Å². The minimum atomic E-state index is -0.902. The maximum Gasteiger partial charge on any atom is 0.337 e. The Bertz CT molecular complexity index is 424. The second-order valence-corrected chi connectivity index (χ2v) is 3.72. The highest BCUT2D eigenvalue weighted by atomic mass is 16.4. The molecule has 1 unspecified atom stereocenters. The minimum Gasteiger partial charge on any atom is -0.478 e. The topological polar surface area (TPSA) is 49.7 Å². The summed E-state index contributed by atoms with van der Waals surface area (Å²) in [5, 5.41) is 8.99. The molecule has 0 fully saturated rings. The van der Waals surface area contributed by atoms with E-state index in [4.69, 9.17) is 5.11 Å². The smallest absolute Gasteiger partial charge is 0.337 e. The fourth-order valence-electron chi connectivity index (χ4n) is 1.96. The standard InChI is InChI=1S/C12H13NO2/c1-2-4-8-7-13-11-9(8)5-3-6-10(11)12(14)15/h3,5-8H,2,4H2,1H3,(H,14,15). The van der Waals surface area contributed by atoms with Crippen LogP contribution in [0.15, 0.2) is 23.2 Å². The summed E-state index contributed by atoms with van der Waals surface area (Å²) in [5.41, 5.74) is 2.00. The van der Waals surface area contributed by atoms with Crippen molar-refractivity contribution in [2.75, 3.05) is 0 Å². The fraction of sp³-hybridized carbons (Fsp3) is 0.333. The van der Waals surface area contributed by atoms with E-state index in [2.05, 4.69) is 11.9 Å².